The van der Waals surface area contributed by atoms with E-state index in [-0.39, 0.29) is 0 Å². The van der Waals surface area contributed by atoms with E-state index in [1.165, 1.54) is 0 Å². The maximum Gasteiger partial charge on any atom is 0.129 e. The molecule has 1 aromatic rings. The van der Waals surface area contributed by atoms with Crippen LogP contribution in [0.15, 0.2) is 22.8 Å². The summed E-state index contributed by atoms with van der Waals surface area (Å²) in [6.45, 7) is 7.93. The van der Waals surface area contributed by atoms with Crippen LogP contribution in [0.5, 0.6) is 0 Å². The first-order chi connectivity index (χ1) is 8.33. The molecule has 0 aromatic carbocycles. The molecule has 1 N–H and O–H groups in total. The fraction of sp³-hybridized carbons (Fsp3) is 0.692. The average Bonchev–Trinajstić information content (AvgIpc) is 2.84. The van der Waals surface area contributed by atoms with Gasteiger partial charge in [0, 0.05) is 19.3 Å². The molecule has 0 radical (unpaired) electrons. The Morgan fingerprint density at radius 2 is 2.29 bits per heavy atom. The van der Waals surface area contributed by atoms with Crippen LogP contribution in [0, 0.1) is 0 Å². The molecule has 1 atom stereocenters. The molecule has 0 saturated heterocycles. The van der Waals surface area contributed by atoms with Crippen LogP contribution in [0.2, 0.25) is 0 Å². The van der Waals surface area contributed by atoms with Gasteiger partial charge in [-0.3, -0.25) is 0 Å². The SMILES string of the molecule is CCOCC(C)NCCCOCc1ccco1. The van der Waals surface area contributed by atoms with Gasteiger partial charge in [-0.2, -0.15) is 0 Å². The molecule has 0 aliphatic carbocycles. The first kappa shape index (κ1) is 14.2. The summed E-state index contributed by atoms with van der Waals surface area (Å²) in [5.74, 6) is 0.877. The van der Waals surface area contributed by atoms with Gasteiger partial charge in [-0.1, -0.05) is 0 Å². The van der Waals surface area contributed by atoms with E-state index in [0.717, 1.165) is 38.5 Å². The Morgan fingerprint density at radius 3 is 3.00 bits per heavy atom. The van der Waals surface area contributed by atoms with Crippen LogP contribution in [0.3, 0.4) is 0 Å². The van der Waals surface area contributed by atoms with Crippen molar-refractivity contribution in [3.8, 4) is 0 Å². The summed E-state index contributed by atoms with van der Waals surface area (Å²) in [7, 11) is 0. The highest BCUT2D eigenvalue weighted by Crippen LogP contribution is 2.01. The Balaban J connectivity index is 1.87. The first-order valence-corrected chi connectivity index (χ1v) is 6.24. The van der Waals surface area contributed by atoms with Gasteiger partial charge in [0.05, 0.1) is 12.9 Å². The molecule has 17 heavy (non-hydrogen) atoms. The van der Waals surface area contributed by atoms with E-state index in [1.807, 2.05) is 19.1 Å². The molecule has 0 saturated carbocycles. The number of hydrogen-bond donors (Lipinski definition) is 1. The highest BCUT2D eigenvalue weighted by atomic mass is 16.5. The second-order valence-electron chi connectivity index (χ2n) is 4.00. The summed E-state index contributed by atoms with van der Waals surface area (Å²) in [6.07, 6.45) is 2.66. The number of rotatable bonds is 10. The Labute approximate surface area is 103 Å². The number of hydrogen-bond acceptors (Lipinski definition) is 4. The number of ether oxygens (including phenoxy) is 2. The maximum absolute atomic E-state index is 5.48. The molecule has 1 heterocycles. The van der Waals surface area contributed by atoms with Gasteiger partial charge in [-0.15, -0.1) is 0 Å². The van der Waals surface area contributed by atoms with Crippen LogP contribution in [-0.4, -0.2) is 32.4 Å². The van der Waals surface area contributed by atoms with Gasteiger partial charge < -0.3 is 19.2 Å². The van der Waals surface area contributed by atoms with Crippen LogP contribution >= 0.6 is 0 Å². The van der Waals surface area contributed by atoms with Gasteiger partial charge in [0.2, 0.25) is 0 Å². The molecular weight excluding hydrogens is 218 g/mol. The fourth-order valence-electron chi connectivity index (χ4n) is 1.44. The molecule has 98 valence electrons. The van der Waals surface area contributed by atoms with Gasteiger partial charge >= 0.3 is 0 Å². The van der Waals surface area contributed by atoms with E-state index in [1.54, 1.807) is 6.26 Å². The van der Waals surface area contributed by atoms with Gasteiger partial charge in [-0.25, -0.2) is 0 Å². The fourth-order valence-corrected chi connectivity index (χ4v) is 1.44. The molecule has 0 bridgehead atoms. The standard InChI is InChI=1S/C13H23NO3/c1-3-15-10-12(2)14-7-5-8-16-11-13-6-4-9-17-13/h4,6,9,12,14H,3,5,7-8,10-11H2,1-2H3. The predicted molar refractivity (Wildman–Crippen MR) is 66.9 cm³/mol. The zero-order chi connectivity index (χ0) is 12.3. The molecule has 0 amide bonds. The van der Waals surface area contributed by atoms with Crippen LogP contribution in [-0.2, 0) is 16.1 Å². The van der Waals surface area contributed by atoms with Crippen molar-refractivity contribution in [1.82, 2.24) is 5.32 Å². The third kappa shape index (κ3) is 7.15. The zero-order valence-corrected chi connectivity index (χ0v) is 10.8. The van der Waals surface area contributed by atoms with E-state index >= 15 is 0 Å². The van der Waals surface area contributed by atoms with E-state index in [9.17, 15) is 0 Å². The minimum atomic E-state index is 0.403. The van der Waals surface area contributed by atoms with Crippen molar-refractivity contribution in [2.24, 2.45) is 0 Å². The predicted octanol–water partition coefficient (Wildman–Crippen LogP) is 2.20. The molecule has 0 aliphatic rings. The summed E-state index contributed by atoms with van der Waals surface area (Å²) in [4.78, 5) is 0. The summed E-state index contributed by atoms with van der Waals surface area (Å²) >= 11 is 0. The van der Waals surface area contributed by atoms with Crippen LogP contribution < -0.4 is 5.32 Å². The lowest BCUT2D eigenvalue weighted by molar-refractivity contribution is 0.100. The van der Waals surface area contributed by atoms with Crippen molar-refractivity contribution in [2.45, 2.75) is 32.9 Å². The van der Waals surface area contributed by atoms with Crippen LogP contribution in [0.25, 0.3) is 0 Å². The van der Waals surface area contributed by atoms with Crippen LogP contribution in [0.1, 0.15) is 26.0 Å². The summed E-state index contributed by atoms with van der Waals surface area (Å²) in [5.41, 5.74) is 0. The van der Waals surface area contributed by atoms with Crippen LogP contribution in [0.4, 0.5) is 0 Å². The largest absolute Gasteiger partial charge is 0.467 e. The molecule has 1 aromatic heterocycles. The van der Waals surface area contributed by atoms with Crippen molar-refractivity contribution in [1.29, 1.82) is 0 Å². The van der Waals surface area contributed by atoms with Gasteiger partial charge in [0.25, 0.3) is 0 Å². The zero-order valence-electron chi connectivity index (χ0n) is 10.8. The third-order valence-corrected chi connectivity index (χ3v) is 2.35. The van der Waals surface area contributed by atoms with Crippen molar-refractivity contribution >= 4 is 0 Å². The highest BCUT2D eigenvalue weighted by Gasteiger charge is 2.00. The Kier molecular flexibility index (Phi) is 7.71. The normalized spacial score (nSPS) is 12.8. The monoisotopic (exact) mass is 241 g/mol. The van der Waals surface area contributed by atoms with Gasteiger partial charge in [0.1, 0.15) is 12.4 Å². The summed E-state index contributed by atoms with van der Waals surface area (Å²) in [6, 6.07) is 4.19. The van der Waals surface area contributed by atoms with E-state index in [0.29, 0.717) is 12.6 Å². The second kappa shape index (κ2) is 9.22. The van der Waals surface area contributed by atoms with Crippen molar-refractivity contribution in [2.75, 3.05) is 26.4 Å². The highest BCUT2D eigenvalue weighted by molar-refractivity contribution is 4.95. The van der Waals surface area contributed by atoms with Crippen molar-refractivity contribution in [3.63, 3.8) is 0 Å². The second-order valence-corrected chi connectivity index (χ2v) is 4.00. The van der Waals surface area contributed by atoms with E-state index in [2.05, 4.69) is 12.2 Å². The lowest BCUT2D eigenvalue weighted by Crippen LogP contribution is -2.31. The Bertz CT molecular complexity index is 262. The minimum absolute atomic E-state index is 0.403. The van der Waals surface area contributed by atoms with Gasteiger partial charge in [-0.05, 0) is 38.9 Å². The molecule has 0 spiro atoms. The third-order valence-electron chi connectivity index (χ3n) is 2.35. The molecule has 0 aliphatic heterocycles. The van der Waals surface area contributed by atoms with Crippen molar-refractivity contribution < 1.29 is 13.9 Å². The Morgan fingerprint density at radius 1 is 1.41 bits per heavy atom. The summed E-state index contributed by atoms with van der Waals surface area (Å²) in [5, 5.41) is 3.38. The summed E-state index contributed by atoms with van der Waals surface area (Å²) < 4.78 is 16.0. The number of furan rings is 1. The van der Waals surface area contributed by atoms with E-state index < -0.39 is 0 Å². The smallest absolute Gasteiger partial charge is 0.129 e. The molecule has 1 rings (SSSR count). The molecule has 4 heteroatoms. The van der Waals surface area contributed by atoms with E-state index in [4.69, 9.17) is 13.9 Å². The number of nitrogens with one attached hydrogen (secondary N) is 1. The maximum atomic E-state index is 5.48. The first-order valence-electron chi connectivity index (χ1n) is 6.24. The molecule has 0 fully saturated rings. The average molecular weight is 241 g/mol. The minimum Gasteiger partial charge on any atom is -0.467 e. The van der Waals surface area contributed by atoms with Gasteiger partial charge in [0.15, 0.2) is 0 Å². The molecular formula is C13H23NO3. The topological polar surface area (TPSA) is 43.6 Å². The quantitative estimate of drug-likeness (QED) is 0.638. The van der Waals surface area contributed by atoms with Crippen molar-refractivity contribution in [3.05, 3.63) is 24.2 Å². The molecule has 4 nitrogen and oxygen atoms in total. The lowest BCUT2D eigenvalue weighted by atomic mass is 10.3. The Hall–Kier alpha value is -0.840. The molecule has 1 unspecified atom stereocenters. The lowest BCUT2D eigenvalue weighted by Gasteiger charge is -2.13.